The maximum absolute atomic E-state index is 13.1. The number of carbonyl (C=O) groups excluding carboxylic acids is 2. The number of ether oxygens (including phenoxy) is 2. The first-order valence-electron chi connectivity index (χ1n) is 9.55. The predicted molar refractivity (Wildman–Crippen MR) is 111 cm³/mol. The molecule has 31 heavy (non-hydrogen) atoms. The third-order valence-electron chi connectivity index (χ3n) is 5.10. The SMILES string of the molecule is COC(=O)c1cc(C(=O)OC)cc(S(=O)(=O)NC[C@@H]2CCN(c3ccc(F)cc3)C2)c1. The van der Waals surface area contributed by atoms with Gasteiger partial charge in [0.1, 0.15) is 5.82 Å². The Labute approximate surface area is 180 Å². The van der Waals surface area contributed by atoms with Crippen LogP contribution in [0.15, 0.2) is 47.4 Å². The average molecular weight is 450 g/mol. The minimum absolute atomic E-state index is 0.0451. The van der Waals surface area contributed by atoms with Crippen molar-refractivity contribution >= 4 is 27.6 Å². The molecule has 1 aliphatic heterocycles. The number of benzene rings is 2. The highest BCUT2D eigenvalue weighted by Crippen LogP contribution is 2.24. The van der Waals surface area contributed by atoms with E-state index in [0.29, 0.717) is 6.54 Å². The molecule has 0 radical (unpaired) electrons. The predicted octanol–water partition coefficient (Wildman–Crippen LogP) is 2.20. The molecular formula is C21H23FN2O6S. The normalized spacial score (nSPS) is 16.2. The first-order chi connectivity index (χ1) is 14.7. The molecule has 0 amide bonds. The van der Waals surface area contributed by atoms with Gasteiger partial charge in [0.2, 0.25) is 10.0 Å². The summed E-state index contributed by atoms with van der Waals surface area (Å²) in [6.45, 7) is 1.52. The summed E-state index contributed by atoms with van der Waals surface area (Å²) in [6.07, 6.45) is 0.759. The number of nitrogens with zero attached hydrogens (tertiary/aromatic N) is 1. The van der Waals surface area contributed by atoms with Gasteiger partial charge in [0, 0.05) is 25.3 Å². The van der Waals surface area contributed by atoms with Crippen molar-refractivity contribution in [1.29, 1.82) is 0 Å². The molecule has 1 N–H and O–H groups in total. The van der Waals surface area contributed by atoms with Crippen LogP contribution in [0.1, 0.15) is 27.1 Å². The Bertz CT molecular complexity index is 1040. The molecule has 2 aromatic carbocycles. The first-order valence-corrected chi connectivity index (χ1v) is 11.0. The van der Waals surface area contributed by atoms with Crippen LogP contribution in [0.3, 0.4) is 0 Å². The summed E-state index contributed by atoms with van der Waals surface area (Å²) < 4.78 is 50.6. The second-order valence-corrected chi connectivity index (χ2v) is 8.93. The molecule has 1 fully saturated rings. The third-order valence-corrected chi connectivity index (χ3v) is 6.50. The Hall–Kier alpha value is -2.98. The number of esters is 2. The summed E-state index contributed by atoms with van der Waals surface area (Å²) in [6, 6.07) is 9.68. The van der Waals surface area contributed by atoms with Gasteiger partial charge < -0.3 is 14.4 Å². The molecule has 0 spiro atoms. The molecule has 0 saturated carbocycles. The molecule has 1 heterocycles. The fraction of sp³-hybridized carbons (Fsp3) is 0.333. The Kier molecular flexibility index (Phi) is 6.91. The molecule has 2 aromatic rings. The van der Waals surface area contributed by atoms with E-state index in [2.05, 4.69) is 19.1 Å². The number of carbonyl (C=O) groups is 2. The fourth-order valence-electron chi connectivity index (χ4n) is 3.42. The number of anilines is 1. The van der Waals surface area contributed by atoms with Crippen LogP contribution in [0.4, 0.5) is 10.1 Å². The van der Waals surface area contributed by atoms with E-state index in [1.165, 1.54) is 18.2 Å². The number of nitrogens with one attached hydrogen (secondary N) is 1. The van der Waals surface area contributed by atoms with Crippen LogP contribution in [-0.4, -0.2) is 54.2 Å². The molecule has 1 atom stereocenters. The lowest BCUT2D eigenvalue weighted by Gasteiger charge is -2.19. The van der Waals surface area contributed by atoms with Crippen molar-refractivity contribution in [3.63, 3.8) is 0 Å². The van der Waals surface area contributed by atoms with Crippen molar-refractivity contribution in [2.75, 3.05) is 38.8 Å². The van der Waals surface area contributed by atoms with Gasteiger partial charge in [0.15, 0.2) is 0 Å². The molecule has 0 bridgehead atoms. The molecule has 3 rings (SSSR count). The summed E-state index contributed by atoms with van der Waals surface area (Å²) in [5.74, 6) is -1.81. The van der Waals surface area contributed by atoms with E-state index in [9.17, 15) is 22.4 Å². The molecular weight excluding hydrogens is 427 g/mol. The Balaban J connectivity index is 1.72. The largest absolute Gasteiger partial charge is 0.465 e. The Morgan fingerprint density at radius 1 is 1.06 bits per heavy atom. The summed E-state index contributed by atoms with van der Waals surface area (Å²) in [5.41, 5.74) is 0.725. The fourth-order valence-corrected chi connectivity index (χ4v) is 4.61. The molecule has 0 aromatic heterocycles. The highest BCUT2D eigenvalue weighted by atomic mass is 32.2. The van der Waals surface area contributed by atoms with Crippen LogP contribution >= 0.6 is 0 Å². The van der Waals surface area contributed by atoms with E-state index in [-0.39, 0.29) is 34.3 Å². The van der Waals surface area contributed by atoms with Crippen LogP contribution in [0.5, 0.6) is 0 Å². The van der Waals surface area contributed by atoms with Gasteiger partial charge in [-0.2, -0.15) is 0 Å². The summed E-state index contributed by atoms with van der Waals surface area (Å²) >= 11 is 0. The van der Waals surface area contributed by atoms with E-state index in [4.69, 9.17) is 0 Å². The van der Waals surface area contributed by atoms with E-state index < -0.39 is 22.0 Å². The first kappa shape index (κ1) is 22.7. The summed E-state index contributed by atoms with van der Waals surface area (Å²) in [7, 11) is -1.68. The van der Waals surface area contributed by atoms with Crippen molar-refractivity contribution in [2.45, 2.75) is 11.3 Å². The number of hydrogen-bond donors (Lipinski definition) is 1. The average Bonchev–Trinajstić information content (AvgIpc) is 3.26. The lowest BCUT2D eigenvalue weighted by atomic mass is 10.1. The number of halogens is 1. The molecule has 166 valence electrons. The highest BCUT2D eigenvalue weighted by Gasteiger charge is 2.26. The number of sulfonamides is 1. The highest BCUT2D eigenvalue weighted by molar-refractivity contribution is 7.89. The third kappa shape index (κ3) is 5.39. The standard InChI is InChI=1S/C21H23FN2O6S/c1-29-20(25)15-9-16(21(26)30-2)11-19(10-15)31(27,28)23-12-14-7-8-24(13-14)18-5-3-17(22)4-6-18/h3-6,9-11,14,23H,7-8,12-13H2,1-2H3/t14-/m0/s1. The van der Waals surface area contributed by atoms with E-state index in [1.807, 2.05) is 0 Å². The van der Waals surface area contributed by atoms with Crippen LogP contribution in [0, 0.1) is 11.7 Å². The number of rotatable bonds is 7. The van der Waals surface area contributed by atoms with Gasteiger partial charge >= 0.3 is 11.9 Å². The zero-order chi connectivity index (χ0) is 22.6. The van der Waals surface area contributed by atoms with Crippen molar-refractivity contribution in [3.05, 3.63) is 59.4 Å². The maximum Gasteiger partial charge on any atom is 0.337 e. The van der Waals surface area contributed by atoms with Crippen molar-refractivity contribution in [2.24, 2.45) is 5.92 Å². The van der Waals surface area contributed by atoms with Gasteiger partial charge in [0.25, 0.3) is 0 Å². The Morgan fingerprint density at radius 3 is 2.19 bits per heavy atom. The van der Waals surface area contributed by atoms with Crippen molar-refractivity contribution in [1.82, 2.24) is 4.72 Å². The molecule has 1 saturated heterocycles. The molecule has 10 heteroatoms. The Morgan fingerprint density at radius 2 is 1.65 bits per heavy atom. The smallest absolute Gasteiger partial charge is 0.337 e. The van der Waals surface area contributed by atoms with E-state index in [0.717, 1.165) is 45.0 Å². The monoisotopic (exact) mass is 450 g/mol. The summed E-state index contributed by atoms with van der Waals surface area (Å²) in [5, 5.41) is 0. The van der Waals surface area contributed by atoms with Gasteiger partial charge in [-0.15, -0.1) is 0 Å². The van der Waals surface area contributed by atoms with Gasteiger partial charge in [0.05, 0.1) is 30.2 Å². The van der Waals surface area contributed by atoms with Gasteiger partial charge in [-0.3, -0.25) is 0 Å². The van der Waals surface area contributed by atoms with Crippen LogP contribution < -0.4 is 9.62 Å². The van der Waals surface area contributed by atoms with Crippen molar-refractivity contribution < 1.29 is 31.9 Å². The lowest BCUT2D eigenvalue weighted by Crippen LogP contribution is -2.31. The van der Waals surface area contributed by atoms with Crippen LogP contribution in [0.2, 0.25) is 0 Å². The molecule has 1 aliphatic rings. The minimum atomic E-state index is -4.00. The minimum Gasteiger partial charge on any atom is -0.465 e. The maximum atomic E-state index is 13.1. The van der Waals surface area contributed by atoms with Crippen molar-refractivity contribution in [3.8, 4) is 0 Å². The number of hydrogen-bond acceptors (Lipinski definition) is 7. The lowest BCUT2D eigenvalue weighted by molar-refractivity contribution is 0.0598. The van der Waals surface area contributed by atoms with Gasteiger partial charge in [-0.25, -0.2) is 27.1 Å². The quantitative estimate of drug-likeness (QED) is 0.645. The molecule has 8 nitrogen and oxygen atoms in total. The van der Waals surface area contributed by atoms with Crippen LogP contribution in [-0.2, 0) is 19.5 Å². The zero-order valence-electron chi connectivity index (χ0n) is 17.1. The van der Waals surface area contributed by atoms with Gasteiger partial charge in [-0.05, 0) is 54.8 Å². The van der Waals surface area contributed by atoms with E-state index >= 15 is 0 Å². The van der Waals surface area contributed by atoms with E-state index in [1.54, 1.807) is 12.1 Å². The number of methoxy groups -OCH3 is 2. The molecule has 0 unspecified atom stereocenters. The second kappa shape index (κ2) is 9.44. The second-order valence-electron chi connectivity index (χ2n) is 7.16. The van der Waals surface area contributed by atoms with Gasteiger partial charge in [-0.1, -0.05) is 0 Å². The topological polar surface area (TPSA) is 102 Å². The van der Waals surface area contributed by atoms with Crippen LogP contribution in [0.25, 0.3) is 0 Å². The summed E-state index contributed by atoms with van der Waals surface area (Å²) in [4.78, 5) is 25.6. The molecule has 0 aliphatic carbocycles. The zero-order valence-corrected chi connectivity index (χ0v) is 17.9.